The number of nitrogens with one attached hydrogen (secondary N) is 2. The lowest BCUT2D eigenvalue weighted by molar-refractivity contribution is -0.111. The number of amides is 2. The van der Waals surface area contributed by atoms with Crippen LogP contribution in [0.3, 0.4) is 0 Å². The molecule has 0 atom stereocenters. The van der Waals surface area contributed by atoms with Gasteiger partial charge in [-0.2, -0.15) is 0 Å². The molecule has 2 rings (SSSR count). The molecule has 0 aliphatic rings. The Morgan fingerprint density at radius 1 is 0.923 bits per heavy atom. The molecule has 0 fully saturated rings. The molecule has 10 heteroatoms. The molecular weight excluding hydrogens is 379 g/mol. The van der Waals surface area contributed by atoms with Gasteiger partial charge in [-0.3, -0.25) is 9.59 Å². The van der Waals surface area contributed by atoms with E-state index in [-0.39, 0.29) is 23.4 Å². The molecule has 2 aromatic rings. The van der Waals surface area contributed by atoms with Crippen molar-refractivity contribution in [1.82, 2.24) is 0 Å². The Morgan fingerprint density at radius 2 is 1.58 bits per heavy atom. The van der Waals surface area contributed by atoms with Crippen molar-refractivity contribution in [3.63, 3.8) is 0 Å². The van der Waals surface area contributed by atoms with E-state index in [4.69, 9.17) is 0 Å². The van der Waals surface area contributed by atoms with Gasteiger partial charge in [0, 0.05) is 5.69 Å². The summed E-state index contributed by atoms with van der Waals surface area (Å²) in [6.07, 6.45) is 0.965. The maximum absolute atomic E-state index is 12.9. The number of hydrogen-bond donors (Lipinski definition) is 2. The topological polar surface area (TPSA) is 58.2 Å². The highest BCUT2D eigenvalue weighted by Crippen LogP contribution is 3.02. The van der Waals surface area contributed by atoms with Crippen molar-refractivity contribution in [3.05, 3.63) is 66.7 Å². The fourth-order valence-electron chi connectivity index (χ4n) is 1.99. The summed E-state index contributed by atoms with van der Waals surface area (Å²) in [6, 6.07) is 7.86. The number of para-hydroxylation sites is 1. The molecule has 2 N–H and O–H groups in total. The molecule has 140 valence electrons. The van der Waals surface area contributed by atoms with Crippen molar-refractivity contribution >= 4 is 33.4 Å². The minimum atomic E-state index is -9.86. The lowest BCUT2D eigenvalue weighted by Gasteiger charge is -2.40. The average molecular weight is 392 g/mol. The van der Waals surface area contributed by atoms with Crippen LogP contribution in [0.15, 0.2) is 66.1 Å². The van der Waals surface area contributed by atoms with Crippen LogP contribution in [0, 0.1) is 0 Å². The summed E-state index contributed by atoms with van der Waals surface area (Å²) >= 11 is 0. The molecule has 0 bridgehead atoms. The van der Waals surface area contributed by atoms with Crippen LogP contribution < -0.4 is 10.6 Å². The first-order valence-electron chi connectivity index (χ1n) is 6.98. The van der Waals surface area contributed by atoms with Crippen LogP contribution in [0.5, 0.6) is 0 Å². The fraction of sp³-hybridized carbons (Fsp3) is 0. The third kappa shape index (κ3) is 4.82. The van der Waals surface area contributed by atoms with Gasteiger partial charge < -0.3 is 10.6 Å². The highest BCUT2D eigenvalue weighted by molar-refractivity contribution is 8.45. The van der Waals surface area contributed by atoms with Gasteiger partial charge in [0.1, 0.15) is 4.90 Å². The number of benzene rings is 2. The Bertz CT molecular complexity index is 898. The lowest BCUT2D eigenvalue weighted by Crippen LogP contribution is -2.17. The summed E-state index contributed by atoms with van der Waals surface area (Å²) in [5.74, 6) is -1.49. The van der Waals surface area contributed by atoms with Crippen molar-refractivity contribution in [2.24, 2.45) is 0 Å². The molecule has 0 unspecified atom stereocenters. The third-order valence-electron chi connectivity index (χ3n) is 3.15. The number of rotatable bonds is 5. The van der Waals surface area contributed by atoms with Crippen molar-refractivity contribution in [2.45, 2.75) is 4.90 Å². The lowest BCUT2D eigenvalue weighted by atomic mass is 10.1. The second-order valence-electron chi connectivity index (χ2n) is 5.19. The maximum atomic E-state index is 12.9. The summed E-state index contributed by atoms with van der Waals surface area (Å²) in [5, 5.41) is 4.47. The van der Waals surface area contributed by atoms with Gasteiger partial charge >= 0.3 is 10.2 Å². The summed E-state index contributed by atoms with van der Waals surface area (Å²) in [6.45, 7) is 3.26. The van der Waals surface area contributed by atoms with Gasteiger partial charge in [0.25, 0.3) is 5.91 Å². The summed E-state index contributed by atoms with van der Waals surface area (Å²) in [4.78, 5) is 21.5. The quantitative estimate of drug-likeness (QED) is 0.505. The first kappa shape index (κ1) is 19.4. The van der Waals surface area contributed by atoms with E-state index in [1.807, 2.05) is 0 Å². The van der Waals surface area contributed by atoms with E-state index in [1.165, 1.54) is 24.3 Å². The SMILES string of the molecule is C=CC(=O)Nc1ccccc1C(=O)Nc1cccc(S(F)(F)(F)(F)F)c1. The monoisotopic (exact) mass is 392 g/mol. The number of anilines is 2. The first-order chi connectivity index (χ1) is 11.8. The molecule has 0 aliphatic heterocycles. The summed E-state index contributed by atoms with van der Waals surface area (Å²) < 4.78 is 64.3. The van der Waals surface area contributed by atoms with Crippen LogP contribution in [-0.4, -0.2) is 11.8 Å². The standard InChI is InChI=1S/C16H13F5N2O2S/c1-2-15(24)23-14-9-4-3-8-13(14)16(25)22-11-6-5-7-12(10-11)26(17,18,19,20)21/h2-10H,1H2,(H,22,25)(H,23,24). The predicted octanol–water partition coefficient (Wildman–Crippen LogP) is 5.72. The predicted molar refractivity (Wildman–Crippen MR) is 91.1 cm³/mol. The van der Waals surface area contributed by atoms with Gasteiger partial charge in [-0.05, 0) is 36.4 Å². The first-order valence-corrected chi connectivity index (χ1v) is 8.93. The van der Waals surface area contributed by atoms with Crippen LogP contribution in [-0.2, 0) is 4.79 Å². The van der Waals surface area contributed by atoms with E-state index < -0.39 is 32.6 Å². The van der Waals surface area contributed by atoms with E-state index in [9.17, 15) is 29.0 Å². The van der Waals surface area contributed by atoms with E-state index in [0.717, 1.165) is 18.2 Å². The highest BCUT2D eigenvalue weighted by atomic mass is 32.5. The minimum Gasteiger partial charge on any atom is -0.322 e. The van der Waals surface area contributed by atoms with Crippen molar-refractivity contribution in [2.75, 3.05) is 10.6 Å². The minimum absolute atomic E-state index is 0.0690. The van der Waals surface area contributed by atoms with Gasteiger partial charge in [0.2, 0.25) is 5.91 Å². The second kappa shape index (κ2) is 5.84. The van der Waals surface area contributed by atoms with E-state index in [1.54, 1.807) is 0 Å². The zero-order valence-electron chi connectivity index (χ0n) is 13.0. The molecule has 26 heavy (non-hydrogen) atoms. The van der Waals surface area contributed by atoms with E-state index >= 15 is 0 Å². The van der Waals surface area contributed by atoms with Crippen molar-refractivity contribution in [1.29, 1.82) is 0 Å². The highest BCUT2D eigenvalue weighted by Gasteiger charge is 2.65. The second-order valence-corrected chi connectivity index (χ2v) is 7.60. The van der Waals surface area contributed by atoms with Gasteiger partial charge in [-0.1, -0.05) is 44.2 Å². The fourth-order valence-corrected chi connectivity index (χ4v) is 2.67. The zero-order valence-corrected chi connectivity index (χ0v) is 13.8. The molecule has 0 heterocycles. The molecule has 0 aromatic heterocycles. The Labute approximate surface area is 145 Å². The maximum Gasteiger partial charge on any atom is 0.310 e. The van der Waals surface area contributed by atoms with Crippen LogP contribution in [0.25, 0.3) is 0 Å². The molecular formula is C16H13F5N2O2S. The van der Waals surface area contributed by atoms with Crippen molar-refractivity contribution in [3.8, 4) is 0 Å². The molecule has 2 aromatic carbocycles. The Morgan fingerprint density at radius 3 is 2.19 bits per heavy atom. The van der Waals surface area contributed by atoms with Crippen LogP contribution in [0.2, 0.25) is 0 Å². The molecule has 2 amide bonds. The molecule has 0 saturated carbocycles. The zero-order chi connectivity index (χ0) is 19.7. The third-order valence-corrected chi connectivity index (χ3v) is 4.30. The number of hydrogen-bond acceptors (Lipinski definition) is 2. The molecule has 0 radical (unpaired) electrons. The van der Waals surface area contributed by atoms with E-state index in [0.29, 0.717) is 0 Å². The largest absolute Gasteiger partial charge is 0.322 e. The molecule has 0 spiro atoms. The summed E-state index contributed by atoms with van der Waals surface area (Å²) in [7, 11) is -9.86. The van der Waals surface area contributed by atoms with Gasteiger partial charge in [0.05, 0.1) is 11.3 Å². The van der Waals surface area contributed by atoms with Gasteiger partial charge in [-0.15, -0.1) is 0 Å². The van der Waals surface area contributed by atoms with Crippen LogP contribution in [0.4, 0.5) is 30.8 Å². The van der Waals surface area contributed by atoms with E-state index in [2.05, 4.69) is 17.2 Å². The molecule has 0 saturated heterocycles. The van der Waals surface area contributed by atoms with Crippen LogP contribution >= 0.6 is 10.2 Å². The summed E-state index contributed by atoms with van der Waals surface area (Å²) in [5.41, 5.74) is -0.454. The molecule has 0 aliphatic carbocycles. The molecule has 4 nitrogen and oxygen atoms in total. The Kier molecular flexibility index (Phi) is 4.36. The Balaban J connectivity index is 2.33. The van der Waals surface area contributed by atoms with Crippen molar-refractivity contribution < 1.29 is 29.0 Å². The number of carbonyl (C=O) groups is 2. The average Bonchev–Trinajstić information content (AvgIpc) is 2.53. The van der Waals surface area contributed by atoms with Gasteiger partial charge in [0.15, 0.2) is 0 Å². The Hall–Kier alpha value is -2.88. The normalized spacial score (nSPS) is 13.9. The van der Waals surface area contributed by atoms with Gasteiger partial charge in [-0.25, -0.2) is 0 Å². The van der Waals surface area contributed by atoms with Crippen LogP contribution in [0.1, 0.15) is 10.4 Å². The smallest absolute Gasteiger partial charge is 0.310 e. The number of halogens is 5. The number of carbonyl (C=O) groups excluding carboxylic acids is 2.